The van der Waals surface area contributed by atoms with Gasteiger partial charge in [0.25, 0.3) is 5.69 Å². The van der Waals surface area contributed by atoms with Crippen LogP contribution in [0.5, 0.6) is 11.5 Å². The van der Waals surface area contributed by atoms with Gasteiger partial charge in [0.2, 0.25) is 10.0 Å². The molecule has 18 heteroatoms. The van der Waals surface area contributed by atoms with E-state index in [9.17, 15) is 36.6 Å². The van der Waals surface area contributed by atoms with E-state index in [1.54, 1.807) is 25.2 Å². The number of nitro groups is 1. The number of nitro benzene ring substituents is 1. The number of non-ortho nitro benzene ring substituents is 1. The van der Waals surface area contributed by atoms with Crippen molar-refractivity contribution in [3.63, 3.8) is 0 Å². The average Bonchev–Trinajstić information content (AvgIpc) is 2.83. The fourth-order valence-electron chi connectivity index (χ4n) is 2.83. The zero-order chi connectivity index (χ0) is 29.3. The number of ether oxygens (including phenoxy) is 1. The number of nitrogens with one attached hydrogen (secondary N) is 1. The normalized spacial score (nSPS) is 14.8. The van der Waals surface area contributed by atoms with Gasteiger partial charge in [-0.05, 0) is 25.2 Å². The van der Waals surface area contributed by atoms with Crippen LogP contribution in [0.3, 0.4) is 0 Å². The Morgan fingerprint density at radius 2 is 1.55 bits per heavy atom. The SMILES string of the molecule is CNC[C@H](O)[C@@H](O)[C@H](O)[C@H](O)CO.CS(=O)(=O)N(c1ccc([N+](=O)[O-])cc1Oc1ccccc1)S(=O)(=O)O. The first-order valence-corrected chi connectivity index (χ1v) is 13.8. The Morgan fingerprint density at radius 1 is 1.00 bits per heavy atom. The number of hydrogen-bond acceptors (Lipinski definition) is 13. The van der Waals surface area contributed by atoms with Gasteiger partial charge in [0.05, 0.1) is 30.0 Å². The van der Waals surface area contributed by atoms with Crippen LogP contribution in [0.4, 0.5) is 11.4 Å². The molecular weight excluding hydrogens is 554 g/mol. The minimum atomic E-state index is -5.23. The molecule has 0 amide bonds. The molecule has 2 aromatic carbocycles. The van der Waals surface area contributed by atoms with Crippen molar-refractivity contribution in [2.45, 2.75) is 24.4 Å². The van der Waals surface area contributed by atoms with Crippen molar-refractivity contribution in [1.82, 2.24) is 5.32 Å². The molecule has 0 aliphatic rings. The van der Waals surface area contributed by atoms with Gasteiger partial charge in [-0.15, -0.1) is 3.71 Å². The summed E-state index contributed by atoms with van der Waals surface area (Å²) in [7, 11) is -8.13. The number of aliphatic hydroxyl groups is 5. The summed E-state index contributed by atoms with van der Waals surface area (Å²) in [5.41, 5.74) is -1.06. The maximum Gasteiger partial charge on any atom is 0.373 e. The first-order chi connectivity index (χ1) is 17.5. The maximum absolute atomic E-state index is 11.8. The van der Waals surface area contributed by atoms with Gasteiger partial charge in [-0.1, -0.05) is 18.2 Å². The lowest BCUT2D eigenvalue weighted by Crippen LogP contribution is -2.48. The van der Waals surface area contributed by atoms with Gasteiger partial charge in [-0.3, -0.25) is 14.7 Å². The average molecular weight is 584 g/mol. The number of nitrogens with zero attached hydrogens (tertiary/aromatic N) is 2. The molecule has 0 saturated carbocycles. The van der Waals surface area contributed by atoms with Crippen LogP contribution < -0.4 is 13.8 Å². The number of para-hydroxylation sites is 1. The molecule has 38 heavy (non-hydrogen) atoms. The Labute approximate surface area is 218 Å². The van der Waals surface area contributed by atoms with Crippen molar-refractivity contribution in [3.8, 4) is 11.5 Å². The lowest BCUT2D eigenvalue weighted by Gasteiger charge is -2.25. The number of likely N-dealkylation sites (N-methyl/N-ethyl adjacent to an activating group) is 1. The third-order valence-corrected chi connectivity index (χ3v) is 7.36. The van der Waals surface area contributed by atoms with Gasteiger partial charge < -0.3 is 35.6 Å². The quantitative estimate of drug-likeness (QED) is 0.0861. The second-order valence-corrected chi connectivity index (χ2v) is 10.9. The van der Waals surface area contributed by atoms with Crippen molar-refractivity contribution in [3.05, 3.63) is 58.6 Å². The minimum Gasteiger partial charge on any atom is -0.455 e. The fraction of sp³-hybridized carbons (Fsp3) is 0.400. The Balaban J connectivity index is 0.000000471. The third-order valence-electron chi connectivity index (χ3n) is 4.57. The predicted octanol–water partition coefficient (Wildman–Crippen LogP) is -1.40. The van der Waals surface area contributed by atoms with Gasteiger partial charge in [-0.2, -0.15) is 8.42 Å². The van der Waals surface area contributed by atoms with Crippen LogP contribution >= 0.6 is 0 Å². The van der Waals surface area contributed by atoms with Crippen LogP contribution in [0.15, 0.2) is 48.5 Å². The van der Waals surface area contributed by atoms with Gasteiger partial charge in [0, 0.05) is 12.6 Å². The molecule has 0 aliphatic heterocycles. The van der Waals surface area contributed by atoms with Crippen LogP contribution in [0.1, 0.15) is 0 Å². The third kappa shape index (κ3) is 9.74. The molecule has 16 nitrogen and oxygen atoms in total. The van der Waals surface area contributed by atoms with Crippen molar-refractivity contribution >= 4 is 31.7 Å². The summed E-state index contributed by atoms with van der Waals surface area (Å²) < 4.78 is 61.0. The first kappa shape index (κ1) is 33.1. The number of benzene rings is 2. The summed E-state index contributed by atoms with van der Waals surface area (Å²) in [4.78, 5) is 10.2. The highest BCUT2D eigenvalue weighted by Crippen LogP contribution is 2.37. The molecule has 2 rings (SSSR count). The maximum atomic E-state index is 11.8. The molecule has 0 spiro atoms. The van der Waals surface area contributed by atoms with Gasteiger partial charge >= 0.3 is 10.3 Å². The highest BCUT2D eigenvalue weighted by atomic mass is 32.3. The van der Waals surface area contributed by atoms with E-state index >= 15 is 0 Å². The number of rotatable bonds is 12. The van der Waals surface area contributed by atoms with Crippen LogP contribution in [-0.4, -0.2) is 103 Å². The molecule has 0 fully saturated rings. The Kier molecular flexibility index (Phi) is 12.4. The Hall–Kier alpha value is -2.94. The molecule has 0 aliphatic carbocycles. The van der Waals surface area contributed by atoms with Crippen molar-refractivity contribution < 1.29 is 56.6 Å². The van der Waals surface area contributed by atoms with E-state index in [2.05, 4.69) is 5.32 Å². The molecule has 0 unspecified atom stereocenters. The summed E-state index contributed by atoms with van der Waals surface area (Å²) in [5, 5.41) is 58.4. The lowest BCUT2D eigenvalue weighted by atomic mass is 10.0. The van der Waals surface area contributed by atoms with Crippen LogP contribution in [0, 0.1) is 10.1 Å². The predicted molar refractivity (Wildman–Crippen MR) is 134 cm³/mol. The van der Waals surface area contributed by atoms with Crippen LogP contribution in [0.25, 0.3) is 0 Å². The van der Waals surface area contributed by atoms with Gasteiger partial charge in [0.1, 0.15) is 29.7 Å². The molecule has 214 valence electrons. The molecule has 0 bridgehead atoms. The van der Waals surface area contributed by atoms with Crippen molar-refractivity contribution in [1.29, 1.82) is 0 Å². The molecule has 0 aromatic heterocycles. The van der Waals surface area contributed by atoms with Crippen molar-refractivity contribution in [2.75, 3.05) is 30.2 Å². The van der Waals surface area contributed by atoms with Gasteiger partial charge in [0.15, 0.2) is 5.75 Å². The fourth-order valence-corrected chi connectivity index (χ4v) is 5.11. The Bertz CT molecular complexity index is 1230. The molecular formula is C20H29N3O13S2. The zero-order valence-electron chi connectivity index (χ0n) is 20.1. The summed E-state index contributed by atoms with van der Waals surface area (Å²) in [6.07, 6.45) is -5.10. The molecule has 7 N–H and O–H groups in total. The number of aliphatic hydroxyl groups excluding tert-OH is 5. The molecule has 4 atom stereocenters. The summed E-state index contributed by atoms with van der Waals surface area (Å²) in [5.74, 6) is -0.267. The standard InChI is InChI=1S/C13H12N2O8S2.C7H17NO5/c1-24(18,19)15(25(20,21)22)12-8-7-10(14(16)17)9-13(12)23-11-5-3-2-4-6-11;1-8-2-4(10)6(12)7(13)5(11)3-9/h2-9H,1H3,(H,20,21,22);4-13H,2-3H2,1H3/t;4-,5+,6+,7+/m.0/s1. The topological polar surface area (TPSA) is 257 Å². The second kappa shape index (κ2) is 14.3. The van der Waals surface area contributed by atoms with Gasteiger partial charge in [-0.25, -0.2) is 8.42 Å². The van der Waals surface area contributed by atoms with E-state index < -0.39 is 73.4 Å². The van der Waals surface area contributed by atoms with E-state index in [0.29, 0.717) is 6.26 Å². The van der Waals surface area contributed by atoms with Crippen LogP contribution in [0.2, 0.25) is 0 Å². The first-order valence-electron chi connectivity index (χ1n) is 10.5. The summed E-state index contributed by atoms with van der Waals surface area (Å²) in [6, 6.07) is 10.4. The lowest BCUT2D eigenvalue weighted by molar-refractivity contribution is -0.384. The number of hydrogen-bond donors (Lipinski definition) is 7. The molecule has 0 heterocycles. The molecule has 0 radical (unpaired) electrons. The highest BCUT2D eigenvalue weighted by Gasteiger charge is 2.33. The number of sulfonamides is 1. The monoisotopic (exact) mass is 583 g/mol. The zero-order valence-corrected chi connectivity index (χ0v) is 21.7. The highest BCUT2D eigenvalue weighted by molar-refractivity contribution is 8.07. The van der Waals surface area contributed by atoms with E-state index in [1.807, 2.05) is 0 Å². The van der Waals surface area contributed by atoms with E-state index in [0.717, 1.165) is 18.2 Å². The number of anilines is 1. The largest absolute Gasteiger partial charge is 0.455 e. The minimum absolute atomic E-state index is 0.0936. The van der Waals surface area contributed by atoms with Crippen molar-refractivity contribution in [2.24, 2.45) is 0 Å². The van der Waals surface area contributed by atoms with E-state index in [-0.39, 0.29) is 16.0 Å². The summed E-state index contributed by atoms with van der Waals surface area (Å²) in [6.45, 7) is -0.569. The smallest absolute Gasteiger partial charge is 0.373 e. The summed E-state index contributed by atoms with van der Waals surface area (Å²) >= 11 is 0. The van der Waals surface area contributed by atoms with E-state index in [1.165, 1.54) is 12.1 Å². The van der Waals surface area contributed by atoms with E-state index in [4.69, 9.17) is 25.2 Å². The Morgan fingerprint density at radius 3 is 2.00 bits per heavy atom. The van der Waals surface area contributed by atoms with Crippen LogP contribution in [-0.2, 0) is 20.3 Å². The molecule has 0 saturated heterocycles. The molecule has 2 aromatic rings. The second-order valence-electron chi connectivity index (χ2n) is 7.62.